The highest BCUT2D eigenvalue weighted by Gasteiger charge is 2.17. The molecule has 0 amide bonds. The average Bonchev–Trinajstić information content (AvgIpc) is 2.50. The van der Waals surface area contributed by atoms with Gasteiger partial charge >= 0.3 is 0 Å². The molecule has 3 nitrogen and oxygen atoms in total. The highest BCUT2D eigenvalue weighted by atomic mass is 79.9. The van der Waals surface area contributed by atoms with Gasteiger partial charge in [-0.25, -0.2) is 5.43 Å². The maximum atomic E-state index is 5.80. The molecule has 0 aliphatic rings. The van der Waals surface area contributed by atoms with Gasteiger partial charge in [-0.3, -0.25) is 10.8 Å². The van der Waals surface area contributed by atoms with E-state index in [1.165, 1.54) is 0 Å². The molecule has 1 atom stereocenters. The third-order valence-electron chi connectivity index (χ3n) is 3.39. The first-order valence-electron chi connectivity index (χ1n) is 6.34. The van der Waals surface area contributed by atoms with Crippen molar-refractivity contribution in [3.8, 4) is 0 Å². The van der Waals surface area contributed by atoms with Crippen LogP contribution in [0.2, 0.25) is 0 Å². The molecule has 3 rings (SSSR count). The van der Waals surface area contributed by atoms with Gasteiger partial charge in [-0.15, -0.1) is 0 Å². The fourth-order valence-electron chi connectivity index (χ4n) is 2.43. The van der Waals surface area contributed by atoms with Crippen LogP contribution >= 0.6 is 15.9 Å². The molecule has 3 aromatic rings. The summed E-state index contributed by atoms with van der Waals surface area (Å²) in [7, 11) is 0. The van der Waals surface area contributed by atoms with Gasteiger partial charge in [0.15, 0.2) is 0 Å². The first-order chi connectivity index (χ1) is 9.81. The van der Waals surface area contributed by atoms with Gasteiger partial charge in [-0.05, 0) is 17.0 Å². The number of hydrazine groups is 1. The zero-order valence-corrected chi connectivity index (χ0v) is 12.3. The summed E-state index contributed by atoms with van der Waals surface area (Å²) >= 11 is 3.58. The van der Waals surface area contributed by atoms with Crippen LogP contribution in [0.3, 0.4) is 0 Å². The Kier molecular flexibility index (Phi) is 3.78. The van der Waals surface area contributed by atoms with E-state index in [9.17, 15) is 0 Å². The normalized spacial score (nSPS) is 12.5. The van der Waals surface area contributed by atoms with Crippen molar-refractivity contribution in [2.45, 2.75) is 6.04 Å². The van der Waals surface area contributed by atoms with Crippen LogP contribution in [0, 0.1) is 0 Å². The summed E-state index contributed by atoms with van der Waals surface area (Å²) in [6.07, 6.45) is 3.73. The molecule has 3 N–H and O–H groups in total. The summed E-state index contributed by atoms with van der Waals surface area (Å²) < 4.78 is 1.02. The van der Waals surface area contributed by atoms with Gasteiger partial charge in [0.1, 0.15) is 0 Å². The number of fused-ring (bicyclic) bond motifs is 1. The second kappa shape index (κ2) is 5.71. The van der Waals surface area contributed by atoms with E-state index in [0.29, 0.717) is 0 Å². The molecular weight excluding hydrogens is 314 g/mol. The largest absolute Gasteiger partial charge is 0.271 e. The lowest BCUT2D eigenvalue weighted by Gasteiger charge is -2.19. The number of nitrogens with one attached hydrogen (secondary N) is 1. The predicted octanol–water partition coefficient (Wildman–Crippen LogP) is 3.55. The lowest BCUT2D eigenvalue weighted by Crippen LogP contribution is -2.29. The number of halogens is 1. The molecule has 0 aliphatic heterocycles. The molecule has 1 unspecified atom stereocenters. The summed E-state index contributed by atoms with van der Waals surface area (Å²) in [6.45, 7) is 0. The van der Waals surface area contributed by atoms with Gasteiger partial charge in [-0.1, -0.05) is 58.4 Å². The zero-order valence-electron chi connectivity index (χ0n) is 10.8. The monoisotopic (exact) mass is 327 g/mol. The van der Waals surface area contributed by atoms with Crippen LogP contribution in [-0.2, 0) is 0 Å². The summed E-state index contributed by atoms with van der Waals surface area (Å²) in [5.74, 6) is 5.80. The van der Waals surface area contributed by atoms with Gasteiger partial charge in [-0.2, -0.15) is 0 Å². The third kappa shape index (κ3) is 2.33. The number of rotatable bonds is 3. The standard InChI is InChI=1S/C16H14BrN3/c17-15-8-4-3-7-13(15)16(20-18)14-10-19-9-11-5-1-2-6-12(11)14/h1-10,16,20H,18H2. The summed E-state index contributed by atoms with van der Waals surface area (Å²) in [6, 6.07) is 16.1. The average molecular weight is 328 g/mol. The molecule has 0 aliphatic carbocycles. The Hall–Kier alpha value is -1.75. The molecule has 1 aromatic heterocycles. The molecule has 0 fully saturated rings. The van der Waals surface area contributed by atoms with Crippen molar-refractivity contribution in [2.75, 3.05) is 0 Å². The van der Waals surface area contributed by atoms with Crippen LogP contribution in [-0.4, -0.2) is 4.98 Å². The number of benzene rings is 2. The van der Waals surface area contributed by atoms with Crippen molar-refractivity contribution < 1.29 is 0 Å². The maximum absolute atomic E-state index is 5.80. The Morgan fingerprint density at radius 1 is 0.950 bits per heavy atom. The van der Waals surface area contributed by atoms with Crippen LogP contribution in [0.4, 0.5) is 0 Å². The summed E-state index contributed by atoms with van der Waals surface area (Å²) in [5.41, 5.74) is 5.06. The van der Waals surface area contributed by atoms with Crippen molar-refractivity contribution in [3.63, 3.8) is 0 Å². The smallest absolute Gasteiger partial charge is 0.0742 e. The van der Waals surface area contributed by atoms with Crippen molar-refractivity contribution in [3.05, 3.63) is 76.5 Å². The van der Waals surface area contributed by atoms with E-state index in [1.54, 1.807) is 0 Å². The topological polar surface area (TPSA) is 50.9 Å². The molecule has 100 valence electrons. The highest BCUT2D eigenvalue weighted by molar-refractivity contribution is 9.10. The molecule has 2 aromatic carbocycles. The minimum Gasteiger partial charge on any atom is -0.271 e. The van der Waals surface area contributed by atoms with E-state index in [2.05, 4.69) is 44.5 Å². The first kappa shape index (κ1) is 13.2. The summed E-state index contributed by atoms with van der Waals surface area (Å²) in [5, 5.41) is 2.26. The second-order valence-corrected chi connectivity index (χ2v) is 5.43. The molecule has 0 bridgehead atoms. The van der Waals surface area contributed by atoms with E-state index >= 15 is 0 Å². The molecule has 0 radical (unpaired) electrons. The molecule has 4 heteroatoms. The number of aromatic nitrogens is 1. The maximum Gasteiger partial charge on any atom is 0.0742 e. The van der Waals surface area contributed by atoms with Crippen LogP contribution in [0.25, 0.3) is 10.8 Å². The number of nitrogens with two attached hydrogens (primary N) is 1. The number of nitrogens with zero attached hydrogens (tertiary/aromatic N) is 1. The lowest BCUT2D eigenvalue weighted by molar-refractivity contribution is 0.637. The molecule has 0 spiro atoms. The fraction of sp³-hybridized carbons (Fsp3) is 0.0625. The number of hydrogen-bond acceptors (Lipinski definition) is 3. The Morgan fingerprint density at radius 3 is 2.50 bits per heavy atom. The molecule has 0 saturated heterocycles. The van der Waals surface area contributed by atoms with Crippen molar-refractivity contribution >= 4 is 26.7 Å². The van der Waals surface area contributed by atoms with Gasteiger partial charge in [0.2, 0.25) is 0 Å². The predicted molar refractivity (Wildman–Crippen MR) is 85.1 cm³/mol. The second-order valence-electron chi connectivity index (χ2n) is 4.57. The zero-order chi connectivity index (χ0) is 13.9. The SMILES string of the molecule is NNC(c1ccccc1Br)c1cncc2ccccc12. The molecule has 1 heterocycles. The van der Waals surface area contributed by atoms with Crippen LogP contribution in [0.1, 0.15) is 17.2 Å². The first-order valence-corrected chi connectivity index (χ1v) is 7.14. The summed E-state index contributed by atoms with van der Waals surface area (Å²) in [4.78, 5) is 4.33. The van der Waals surface area contributed by atoms with E-state index in [1.807, 2.05) is 42.7 Å². The molecular formula is C16H14BrN3. The van der Waals surface area contributed by atoms with E-state index in [-0.39, 0.29) is 6.04 Å². The Labute approximate surface area is 125 Å². The van der Waals surface area contributed by atoms with E-state index in [0.717, 1.165) is 26.4 Å². The minimum atomic E-state index is -0.107. The number of hydrogen-bond donors (Lipinski definition) is 2. The van der Waals surface area contributed by atoms with Crippen molar-refractivity contribution in [1.82, 2.24) is 10.4 Å². The Balaban J connectivity index is 2.20. The van der Waals surface area contributed by atoms with Crippen LogP contribution < -0.4 is 11.3 Å². The van der Waals surface area contributed by atoms with Gasteiger partial charge < -0.3 is 0 Å². The Morgan fingerprint density at radius 2 is 1.70 bits per heavy atom. The van der Waals surface area contributed by atoms with Crippen LogP contribution in [0.15, 0.2) is 65.4 Å². The van der Waals surface area contributed by atoms with Crippen molar-refractivity contribution in [2.24, 2.45) is 5.84 Å². The highest BCUT2D eigenvalue weighted by Crippen LogP contribution is 2.31. The van der Waals surface area contributed by atoms with Crippen molar-refractivity contribution in [1.29, 1.82) is 0 Å². The lowest BCUT2D eigenvalue weighted by atomic mass is 9.96. The fourth-order valence-corrected chi connectivity index (χ4v) is 2.94. The Bertz CT molecular complexity index is 737. The van der Waals surface area contributed by atoms with Crippen LogP contribution in [0.5, 0.6) is 0 Å². The quantitative estimate of drug-likeness (QED) is 0.571. The van der Waals surface area contributed by atoms with Gasteiger partial charge in [0, 0.05) is 27.8 Å². The van der Waals surface area contributed by atoms with Gasteiger partial charge in [0.05, 0.1) is 6.04 Å². The van der Waals surface area contributed by atoms with E-state index < -0.39 is 0 Å². The molecule has 20 heavy (non-hydrogen) atoms. The number of pyridine rings is 1. The van der Waals surface area contributed by atoms with E-state index in [4.69, 9.17) is 5.84 Å². The van der Waals surface area contributed by atoms with Gasteiger partial charge in [0.25, 0.3) is 0 Å². The third-order valence-corrected chi connectivity index (χ3v) is 4.12. The molecule has 0 saturated carbocycles. The minimum absolute atomic E-state index is 0.107.